The third-order valence-corrected chi connectivity index (χ3v) is 5.53. The van der Waals surface area contributed by atoms with Crippen LogP contribution in [-0.2, 0) is 0 Å². The lowest BCUT2D eigenvalue weighted by atomic mass is 9.63. The molecule has 2 radical (unpaired) electrons. The summed E-state index contributed by atoms with van der Waals surface area (Å²) >= 11 is 0. The van der Waals surface area contributed by atoms with E-state index < -0.39 is 0 Å². The standard InChI is InChI=1S/C16H18BN2O2/c17-19-7-10-5-11(8-19)15(12(6-10)9-19)21-16-18-13-3-1-2-4-14(13)20-16/h1-4,10-12,15H,5-9H2/q+1. The highest BCUT2D eigenvalue weighted by Crippen LogP contribution is 2.47. The van der Waals surface area contributed by atoms with Crippen molar-refractivity contribution in [3.05, 3.63) is 24.3 Å². The SMILES string of the molecule is [B][N+]12CC3CC(C1)C(Oc1nc4ccccc4o1)C(C3)C2. The largest absolute Gasteiger partial charge is 0.481 e. The van der Waals surface area contributed by atoms with Gasteiger partial charge in [-0.15, -0.1) is 0 Å². The van der Waals surface area contributed by atoms with E-state index in [0.717, 1.165) is 41.0 Å². The quantitative estimate of drug-likeness (QED) is 0.791. The molecule has 21 heavy (non-hydrogen) atoms. The zero-order valence-electron chi connectivity index (χ0n) is 11.9. The van der Waals surface area contributed by atoms with Gasteiger partial charge >= 0.3 is 14.1 Å². The van der Waals surface area contributed by atoms with Gasteiger partial charge in [-0.3, -0.25) is 0 Å². The fourth-order valence-corrected chi connectivity index (χ4v) is 4.99. The van der Waals surface area contributed by atoms with Crippen LogP contribution in [0.25, 0.3) is 11.1 Å². The second kappa shape index (κ2) is 4.04. The average molecular weight is 281 g/mol. The summed E-state index contributed by atoms with van der Waals surface area (Å²) < 4.78 is 12.7. The third kappa shape index (κ3) is 1.83. The van der Waals surface area contributed by atoms with Gasteiger partial charge in [0.2, 0.25) is 0 Å². The summed E-state index contributed by atoms with van der Waals surface area (Å²) in [6.45, 7) is 3.23. The van der Waals surface area contributed by atoms with Crippen LogP contribution in [-0.4, -0.2) is 43.1 Å². The molecule has 4 heterocycles. The van der Waals surface area contributed by atoms with Crippen LogP contribution in [0.2, 0.25) is 0 Å². The second-order valence-corrected chi connectivity index (χ2v) is 7.15. The number of oxazole rings is 1. The molecule has 1 aromatic carbocycles. The number of quaternary nitrogens is 1. The predicted octanol–water partition coefficient (Wildman–Crippen LogP) is 2.15. The Hall–Kier alpha value is -1.49. The molecule has 3 aliphatic heterocycles. The Morgan fingerprint density at radius 2 is 1.90 bits per heavy atom. The minimum absolute atomic E-state index is 0.226. The zero-order chi connectivity index (χ0) is 14.0. The van der Waals surface area contributed by atoms with Gasteiger partial charge in [0.15, 0.2) is 5.58 Å². The van der Waals surface area contributed by atoms with Crippen molar-refractivity contribution in [3.63, 3.8) is 0 Å². The number of hydrogen-bond acceptors (Lipinski definition) is 3. The Morgan fingerprint density at radius 1 is 1.14 bits per heavy atom. The molecule has 3 saturated heterocycles. The molecule has 4 bridgehead atoms. The summed E-state index contributed by atoms with van der Waals surface area (Å²) in [6, 6.07) is 7.80. The molecule has 6 rings (SSSR count). The fraction of sp³-hybridized carbons (Fsp3) is 0.562. The lowest BCUT2D eigenvalue weighted by Gasteiger charge is -2.59. The summed E-state index contributed by atoms with van der Waals surface area (Å²) in [5.41, 5.74) is 1.66. The van der Waals surface area contributed by atoms with Crippen LogP contribution in [0.5, 0.6) is 6.08 Å². The molecule has 1 saturated carbocycles. The normalized spacial score (nSPS) is 40.8. The first-order chi connectivity index (χ1) is 10.2. The Kier molecular flexibility index (Phi) is 2.33. The van der Waals surface area contributed by atoms with Crippen LogP contribution in [0.3, 0.4) is 0 Å². The molecule has 5 heteroatoms. The van der Waals surface area contributed by atoms with E-state index in [0.29, 0.717) is 17.9 Å². The Bertz CT molecular complexity index is 651. The fourth-order valence-electron chi connectivity index (χ4n) is 4.99. The molecule has 4 fully saturated rings. The maximum atomic E-state index is 6.48. The van der Waals surface area contributed by atoms with Crippen molar-refractivity contribution in [3.8, 4) is 6.08 Å². The highest BCUT2D eigenvalue weighted by atomic mass is 16.6. The first-order valence-corrected chi connectivity index (χ1v) is 7.85. The molecule has 0 spiro atoms. The first kappa shape index (κ1) is 12.1. The molecule has 106 valence electrons. The number of aromatic nitrogens is 1. The van der Waals surface area contributed by atoms with Crippen molar-refractivity contribution in [2.45, 2.75) is 18.9 Å². The molecule has 1 aliphatic carbocycles. The van der Waals surface area contributed by atoms with Gasteiger partial charge in [0.1, 0.15) is 11.6 Å². The average Bonchev–Trinajstić information content (AvgIpc) is 2.83. The van der Waals surface area contributed by atoms with Gasteiger partial charge in [0.05, 0.1) is 19.6 Å². The predicted molar refractivity (Wildman–Crippen MR) is 78.7 cm³/mol. The van der Waals surface area contributed by atoms with Gasteiger partial charge in [0, 0.05) is 17.8 Å². The van der Waals surface area contributed by atoms with E-state index in [2.05, 4.69) is 4.98 Å². The van der Waals surface area contributed by atoms with Crippen LogP contribution in [0.1, 0.15) is 12.8 Å². The van der Waals surface area contributed by atoms with E-state index in [1.54, 1.807) is 0 Å². The highest BCUT2D eigenvalue weighted by molar-refractivity contribution is 5.97. The van der Waals surface area contributed by atoms with Gasteiger partial charge in [0.25, 0.3) is 0 Å². The molecule has 2 atom stereocenters. The number of fused-ring (bicyclic) bond motifs is 1. The summed E-state index contributed by atoms with van der Waals surface area (Å²) in [6.07, 6.45) is 3.15. The minimum atomic E-state index is 0.226. The van der Waals surface area contributed by atoms with Crippen molar-refractivity contribution < 1.29 is 13.5 Å². The summed E-state index contributed by atoms with van der Waals surface area (Å²) in [7, 11) is 6.48. The van der Waals surface area contributed by atoms with Crippen molar-refractivity contribution in [2.24, 2.45) is 17.8 Å². The van der Waals surface area contributed by atoms with Gasteiger partial charge in [-0.1, -0.05) is 12.1 Å². The first-order valence-electron chi connectivity index (χ1n) is 7.85. The van der Waals surface area contributed by atoms with Gasteiger partial charge < -0.3 is 13.5 Å². The summed E-state index contributed by atoms with van der Waals surface area (Å²) in [4.78, 5) is 4.46. The molecule has 4 aliphatic rings. The molecule has 4 nitrogen and oxygen atoms in total. The van der Waals surface area contributed by atoms with Gasteiger partial charge in [-0.2, -0.15) is 4.98 Å². The number of ether oxygens (including phenoxy) is 1. The van der Waals surface area contributed by atoms with Crippen molar-refractivity contribution in [1.29, 1.82) is 0 Å². The van der Waals surface area contributed by atoms with E-state index in [1.165, 1.54) is 12.8 Å². The van der Waals surface area contributed by atoms with Crippen molar-refractivity contribution >= 4 is 19.1 Å². The zero-order valence-corrected chi connectivity index (χ0v) is 11.9. The number of para-hydroxylation sites is 2. The maximum Gasteiger partial charge on any atom is 0.481 e. The van der Waals surface area contributed by atoms with E-state index in [4.69, 9.17) is 17.1 Å². The van der Waals surface area contributed by atoms with Crippen molar-refractivity contribution in [1.82, 2.24) is 4.98 Å². The van der Waals surface area contributed by atoms with Gasteiger partial charge in [-0.25, -0.2) is 0 Å². The third-order valence-electron chi connectivity index (χ3n) is 5.53. The van der Waals surface area contributed by atoms with Crippen LogP contribution < -0.4 is 4.74 Å². The highest BCUT2D eigenvalue weighted by Gasteiger charge is 2.55. The number of benzene rings is 1. The van der Waals surface area contributed by atoms with E-state index in [-0.39, 0.29) is 6.10 Å². The maximum absolute atomic E-state index is 6.48. The van der Waals surface area contributed by atoms with Crippen LogP contribution in [0, 0.1) is 17.8 Å². The lowest BCUT2D eigenvalue weighted by Crippen LogP contribution is -2.70. The molecular weight excluding hydrogens is 263 g/mol. The number of rotatable bonds is 2. The minimum Gasteiger partial charge on any atom is -0.446 e. The van der Waals surface area contributed by atoms with Crippen LogP contribution in [0.4, 0.5) is 0 Å². The van der Waals surface area contributed by atoms with Crippen LogP contribution >= 0.6 is 0 Å². The smallest absolute Gasteiger partial charge is 0.446 e. The molecule has 1 aromatic heterocycles. The van der Waals surface area contributed by atoms with Gasteiger partial charge in [-0.05, 0) is 25.0 Å². The molecule has 0 amide bonds. The number of hydrogen-bond donors (Lipinski definition) is 0. The second-order valence-electron chi connectivity index (χ2n) is 7.15. The van der Waals surface area contributed by atoms with E-state index in [1.807, 2.05) is 24.3 Å². The summed E-state index contributed by atoms with van der Waals surface area (Å²) in [5.74, 6) is 1.89. The summed E-state index contributed by atoms with van der Waals surface area (Å²) in [5, 5.41) is 0. The molecule has 2 unspecified atom stereocenters. The number of piperidine rings is 3. The lowest BCUT2D eigenvalue weighted by molar-refractivity contribution is -0.852. The molecular formula is C16H18BN2O2+. The van der Waals surface area contributed by atoms with E-state index >= 15 is 0 Å². The number of nitrogens with zero attached hydrogens (tertiary/aromatic N) is 2. The van der Waals surface area contributed by atoms with E-state index in [9.17, 15) is 0 Å². The molecule has 0 N–H and O–H groups in total. The molecule has 2 aromatic rings. The Labute approximate surface area is 125 Å². The Morgan fingerprint density at radius 3 is 2.62 bits per heavy atom. The topological polar surface area (TPSA) is 35.3 Å². The van der Waals surface area contributed by atoms with Crippen LogP contribution in [0.15, 0.2) is 28.7 Å². The Balaban J connectivity index is 1.43. The van der Waals surface area contributed by atoms with Crippen molar-refractivity contribution in [2.75, 3.05) is 19.6 Å². The monoisotopic (exact) mass is 281 g/mol.